The molecule has 0 radical (unpaired) electrons. The lowest BCUT2D eigenvalue weighted by molar-refractivity contribution is 0.00737. The zero-order chi connectivity index (χ0) is 11.5. The standard InChI is InChI=1S/C11H13ClO3S/c12-11-9(5-8(6-13)16-11)10(14)7-1-3-15-4-2-7/h5-7,10,14H,1-4H2. The molecule has 1 fully saturated rings. The van der Waals surface area contributed by atoms with Crippen LogP contribution in [0.5, 0.6) is 0 Å². The number of aldehydes is 1. The van der Waals surface area contributed by atoms with Crippen LogP contribution in [0.1, 0.15) is 34.2 Å². The SMILES string of the molecule is O=Cc1cc(C(O)C2CCOCC2)c(Cl)s1. The van der Waals surface area contributed by atoms with Crippen LogP contribution in [0.25, 0.3) is 0 Å². The molecule has 0 spiro atoms. The van der Waals surface area contributed by atoms with Gasteiger partial charge in [-0.15, -0.1) is 11.3 Å². The van der Waals surface area contributed by atoms with Gasteiger partial charge < -0.3 is 9.84 Å². The molecule has 1 aliphatic heterocycles. The fourth-order valence-electron chi connectivity index (χ4n) is 1.95. The van der Waals surface area contributed by atoms with E-state index in [1.165, 1.54) is 11.3 Å². The number of aliphatic hydroxyl groups excluding tert-OH is 1. The number of hydrogen-bond acceptors (Lipinski definition) is 4. The molecule has 1 aromatic heterocycles. The van der Waals surface area contributed by atoms with Gasteiger partial charge in [-0.25, -0.2) is 0 Å². The molecule has 1 unspecified atom stereocenters. The van der Waals surface area contributed by atoms with Gasteiger partial charge in [-0.05, 0) is 24.8 Å². The highest BCUT2D eigenvalue weighted by molar-refractivity contribution is 7.17. The molecule has 88 valence electrons. The van der Waals surface area contributed by atoms with Crippen LogP contribution in [0.3, 0.4) is 0 Å². The Morgan fingerprint density at radius 2 is 2.25 bits per heavy atom. The Hall–Kier alpha value is -0.420. The molecule has 0 amide bonds. The van der Waals surface area contributed by atoms with Crippen LogP contribution >= 0.6 is 22.9 Å². The van der Waals surface area contributed by atoms with Gasteiger partial charge in [0.1, 0.15) is 0 Å². The number of carbonyl (C=O) groups is 1. The third-order valence-electron chi connectivity index (χ3n) is 2.88. The molecule has 3 nitrogen and oxygen atoms in total. The topological polar surface area (TPSA) is 46.5 Å². The van der Waals surface area contributed by atoms with E-state index in [0.717, 1.165) is 19.1 Å². The summed E-state index contributed by atoms with van der Waals surface area (Å²) in [5.74, 6) is 0.181. The summed E-state index contributed by atoms with van der Waals surface area (Å²) in [4.78, 5) is 11.2. The third-order valence-corrected chi connectivity index (χ3v) is 4.19. The Morgan fingerprint density at radius 1 is 1.56 bits per heavy atom. The van der Waals surface area contributed by atoms with E-state index in [9.17, 15) is 9.90 Å². The van der Waals surface area contributed by atoms with E-state index >= 15 is 0 Å². The average Bonchev–Trinajstić information content (AvgIpc) is 2.71. The molecule has 0 aliphatic carbocycles. The largest absolute Gasteiger partial charge is 0.388 e. The zero-order valence-electron chi connectivity index (χ0n) is 8.69. The molecule has 1 aromatic rings. The Bertz CT molecular complexity index is 371. The molecule has 1 aliphatic rings. The number of carbonyl (C=O) groups excluding carboxylic acids is 1. The van der Waals surface area contributed by atoms with E-state index in [0.29, 0.717) is 28.0 Å². The van der Waals surface area contributed by atoms with Crippen LogP contribution < -0.4 is 0 Å². The van der Waals surface area contributed by atoms with Crippen LogP contribution in [0.4, 0.5) is 0 Å². The summed E-state index contributed by atoms with van der Waals surface area (Å²) >= 11 is 7.22. The van der Waals surface area contributed by atoms with Crippen molar-refractivity contribution in [2.45, 2.75) is 18.9 Å². The van der Waals surface area contributed by atoms with Crippen LogP contribution in [-0.2, 0) is 4.74 Å². The summed E-state index contributed by atoms with van der Waals surface area (Å²) in [6, 6.07) is 1.68. The van der Waals surface area contributed by atoms with Crippen molar-refractivity contribution in [1.82, 2.24) is 0 Å². The molecule has 0 aromatic carbocycles. The molecule has 1 saturated heterocycles. The molecule has 16 heavy (non-hydrogen) atoms. The summed E-state index contributed by atoms with van der Waals surface area (Å²) in [5.41, 5.74) is 0.681. The van der Waals surface area contributed by atoms with Crippen molar-refractivity contribution in [3.63, 3.8) is 0 Å². The Kier molecular flexibility index (Phi) is 3.97. The van der Waals surface area contributed by atoms with Gasteiger partial charge in [0, 0.05) is 18.8 Å². The van der Waals surface area contributed by atoms with Crippen LogP contribution in [0, 0.1) is 5.92 Å². The fraction of sp³-hybridized carbons (Fsp3) is 0.545. The van der Waals surface area contributed by atoms with Crippen LogP contribution in [-0.4, -0.2) is 24.6 Å². The Balaban J connectivity index is 2.15. The number of ether oxygens (including phenoxy) is 1. The van der Waals surface area contributed by atoms with Crippen molar-refractivity contribution >= 4 is 29.2 Å². The van der Waals surface area contributed by atoms with E-state index in [2.05, 4.69) is 0 Å². The van der Waals surface area contributed by atoms with Crippen molar-refractivity contribution in [3.8, 4) is 0 Å². The number of thiophene rings is 1. The van der Waals surface area contributed by atoms with Gasteiger partial charge in [0.25, 0.3) is 0 Å². The second-order valence-electron chi connectivity index (χ2n) is 3.89. The smallest absolute Gasteiger partial charge is 0.160 e. The quantitative estimate of drug-likeness (QED) is 0.850. The van der Waals surface area contributed by atoms with Gasteiger partial charge in [0.05, 0.1) is 15.3 Å². The number of aliphatic hydroxyl groups is 1. The molecular formula is C11H13ClO3S. The molecular weight excluding hydrogens is 248 g/mol. The number of rotatable bonds is 3. The minimum absolute atomic E-state index is 0.181. The third kappa shape index (κ3) is 2.46. The van der Waals surface area contributed by atoms with Crippen molar-refractivity contribution in [2.24, 2.45) is 5.92 Å². The zero-order valence-corrected chi connectivity index (χ0v) is 10.3. The first-order valence-electron chi connectivity index (χ1n) is 5.22. The monoisotopic (exact) mass is 260 g/mol. The highest BCUT2D eigenvalue weighted by atomic mass is 35.5. The van der Waals surface area contributed by atoms with Crippen molar-refractivity contribution in [2.75, 3.05) is 13.2 Å². The molecule has 0 saturated carbocycles. The van der Waals surface area contributed by atoms with Gasteiger partial charge in [0.2, 0.25) is 0 Å². The molecule has 2 heterocycles. The predicted molar refractivity (Wildman–Crippen MR) is 63.2 cm³/mol. The van der Waals surface area contributed by atoms with Crippen LogP contribution in [0.2, 0.25) is 4.34 Å². The van der Waals surface area contributed by atoms with Gasteiger partial charge in [-0.3, -0.25) is 4.79 Å². The minimum atomic E-state index is -0.582. The van der Waals surface area contributed by atoms with E-state index in [4.69, 9.17) is 16.3 Å². The van der Waals surface area contributed by atoms with E-state index in [1.807, 2.05) is 0 Å². The van der Waals surface area contributed by atoms with Crippen molar-refractivity contribution in [1.29, 1.82) is 0 Å². The van der Waals surface area contributed by atoms with Crippen molar-refractivity contribution in [3.05, 3.63) is 20.8 Å². The summed E-state index contributed by atoms with van der Waals surface area (Å²) < 4.78 is 5.76. The lowest BCUT2D eigenvalue weighted by Crippen LogP contribution is -2.21. The Morgan fingerprint density at radius 3 is 2.81 bits per heavy atom. The first-order chi connectivity index (χ1) is 7.72. The lowest BCUT2D eigenvalue weighted by atomic mass is 9.90. The molecule has 2 rings (SSSR count). The van der Waals surface area contributed by atoms with E-state index in [-0.39, 0.29) is 5.92 Å². The lowest BCUT2D eigenvalue weighted by Gasteiger charge is -2.26. The van der Waals surface area contributed by atoms with Gasteiger partial charge >= 0.3 is 0 Å². The van der Waals surface area contributed by atoms with Gasteiger partial charge in [-0.2, -0.15) is 0 Å². The molecule has 1 N–H and O–H groups in total. The first kappa shape index (κ1) is 12.0. The van der Waals surface area contributed by atoms with Crippen LogP contribution in [0.15, 0.2) is 6.07 Å². The second kappa shape index (κ2) is 5.27. The first-order valence-corrected chi connectivity index (χ1v) is 6.42. The average molecular weight is 261 g/mol. The minimum Gasteiger partial charge on any atom is -0.388 e. The summed E-state index contributed by atoms with van der Waals surface area (Å²) in [7, 11) is 0. The van der Waals surface area contributed by atoms with Crippen molar-refractivity contribution < 1.29 is 14.6 Å². The second-order valence-corrected chi connectivity index (χ2v) is 5.58. The molecule has 0 bridgehead atoms. The summed E-state index contributed by atoms with van der Waals surface area (Å²) in [6.07, 6.45) is 1.85. The van der Waals surface area contributed by atoms with Gasteiger partial charge in [0.15, 0.2) is 6.29 Å². The fourth-order valence-corrected chi connectivity index (χ4v) is 3.12. The number of hydrogen-bond donors (Lipinski definition) is 1. The molecule has 1 atom stereocenters. The number of halogens is 1. The maximum absolute atomic E-state index is 10.6. The van der Waals surface area contributed by atoms with E-state index < -0.39 is 6.10 Å². The highest BCUT2D eigenvalue weighted by Gasteiger charge is 2.26. The predicted octanol–water partition coefficient (Wildman–Crippen LogP) is 2.67. The maximum atomic E-state index is 10.6. The maximum Gasteiger partial charge on any atom is 0.160 e. The van der Waals surface area contributed by atoms with E-state index in [1.54, 1.807) is 6.07 Å². The normalized spacial score (nSPS) is 19.6. The Labute approximate surface area is 103 Å². The van der Waals surface area contributed by atoms with Gasteiger partial charge in [-0.1, -0.05) is 11.6 Å². The molecule has 5 heteroatoms. The summed E-state index contributed by atoms with van der Waals surface area (Å²) in [6.45, 7) is 1.37. The summed E-state index contributed by atoms with van der Waals surface area (Å²) in [5, 5.41) is 10.2. The highest BCUT2D eigenvalue weighted by Crippen LogP contribution is 2.37.